The molecule has 2 N–H and O–H groups in total. The van der Waals surface area contributed by atoms with Crippen LogP contribution in [0.3, 0.4) is 0 Å². The second-order valence-electron chi connectivity index (χ2n) is 10.1. The van der Waals surface area contributed by atoms with E-state index >= 15 is 0 Å². The molecule has 0 bridgehead atoms. The van der Waals surface area contributed by atoms with Crippen LogP contribution in [0.2, 0.25) is 0 Å². The number of aryl methyl sites for hydroxylation is 1. The Balaban J connectivity index is 1.43. The lowest BCUT2D eigenvalue weighted by Crippen LogP contribution is -2.49. The van der Waals surface area contributed by atoms with Gasteiger partial charge in [-0.3, -0.25) is 9.78 Å². The number of ether oxygens (including phenoxy) is 1. The number of carbonyl (C=O) groups is 1. The molecule has 1 aromatic heterocycles. The number of nitrogens with one attached hydrogen (secondary N) is 1. The summed E-state index contributed by atoms with van der Waals surface area (Å²) in [7, 11) is 0. The van der Waals surface area contributed by atoms with Crippen LogP contribution >= 0.6 is 0 Å². The maximum absolute atomic E-state index is 13.1. The summed E-state index contributed by atoms with van der Waals surface area (Å²) in [5, 5.41) is 23.3. The molecule has 3 atom stereocenters. The van der Waals surface area contributed by atoms with Crippen LogP contribution in [0.15, 0.2) is 54.7 Å². The monoisotopic (exact) mass is 496 g/mol. The van der Waals surface area contributed by atoms with Crippen molar-refractivity contribution in [3.8, 4) is 17.2 Å². The fraction of sp³-hybridized carbons (Fsp3) is 0.367. The predicted octanol–water partition coefficient (Wildman–Crippen LogP) is 5.14. The molecule has 0 aliphatic carbocycles. The van der Waals surface area contributed by atoms with Crippen LogP contribution in [0, 0.1) is 18.3 Å². The number of amides is 1. The van der Waals surface area contributed by atoms with Gasteiger partial charge in [0.25, 0.3) is 5.91 Å². The normalized spacial score (nSPS) is 20.2. The molecule has 3 aromatic rings. The van der Waals surface area contributed by atoms with Gasteiger partial charge in [-0.25, -0.2) is 0 Å². The Labute approximate surface area is 217 Å². The minimum atomic E-state index is -0.644. The van der Waals surface area contributed by atoms with E-state index in [-0.39, 0.29) is 11.9 Å². The van der Waals surface area contributed by atoms with E-state index in [0.29, 0.717) is 37.3 Å². The molecule has 2 aliphatic rings. The largest absolute Gasteiger partial charge is 0.388 e. The summed E-state index contributed by atoms with van der Waals surface area (Å²) in [6, 6.07) is 17.8. The Morgan fingerprint density at radius 2 is 2.14 bits per heavy atom. The van der Waals surface area contributed by atoms with Crippen molar-refractivity contribution < 1.29 is 14.6 Å². The first-order valence-corrected chi connectivity index (χ1v) is 12.8. The van der Waals surface area contributed by atoms with Crippen molar-refractivity contribution in [3.63, 3.8) is 0 Å². The lowest BCUT2D eigenvalue weighted by molar-refractivity contribution is 0.0612. The Bertz CT molecular complexity index is 1380. The number of hydrogen-bond donors (Lipinski definition) is 2. The number of fused-ring (bicyclic) bond motifs is 3. The zero-order valence-corrected chi connectivity index (χ0v) is 21.5. The number of benzene rings is 2. The van der Waals surface area contributed by atoms with Crippen LogP contribution in [-0.4, -0.2) is 41.8 Å². The van der Waals surface area contributed by atoms with E-state index in [1.807, 2.05) is 51.1 Å². The molecular formula is C30H32N4O3. The third-order valence-corrected chi connectivity index (χ3v) is 7.79. The third-order valence-electron chi connectivity index (χ3n) is 7.79. The second kappa shape index (κ2) is 9.97. The van der Waals surface area contributed by atoms with Crippen molar-refractivity contribution >= 4 is 17.3 Å². The summed E-state index contributed by atoms with van der Waals surface area (Å²) in [6.45, 7) is 7.89. The van der Waals surface area contributed by atoms with Crippen molar-refractivity contribution in [3.05, 3.63) is 77.1 Å². The number of nitriles is 1. The quantitative estimate of drug-likeness (QED) is 0.507. The van der Waals surface area contributed by atoms with Gasteiger partial charge in [-0.15, -0.1) is 0 Å². The van der Waals surface area contributed by atoms with Gasteiger partial charge in [0.1, 0.15) is 0 Å². The standard InChI is InChI=1S/C30H32N4O3/c1-4-30(3,18-31)22-7-5-6-21(12-22)29(36)33-23-14-26(19(2)32-16-23)20-8-9-25-27(13-20)34-10-11-37-17-24(34)15-28(25)35/h5-9,12-14,16,24,28,35H,4,10-11,15,17H2,1-3H3,(H,33,36). The summed E-state index contributed by atoms with van der Waals surface area (Å²) >= 11 is 0. The van der Waals surface area contributed by atoms with Gasteiger partial charge in [-0.05, 0) is 55.7 Å². The van der Waals surface area contributed by atoms with Crippen molar-refractivity contribution in [2.45, 2.75) is 51.2 Å². The highest BCUT2D eigenvalue weighted by atomic mass is 16.5. The first-order valence-electron chi connectivity index (χ1n) is 12.8. The van der Waals surface area contributed by atoms with Gasteiger partial charge < -0.3 is 20.1 Å². The van der Waals surface area contributed by atoms with Gasteiger partial charge in [0.2, 0.25) is 0 Å². The van der Waals surface area contributed by atoms with Crippen LogP contribution in [-0.2, 0) is 10.2 Å². The number of aromatic nitrogens is 1. The molecule has 5 rings (SSSR count). The van der Waals surface area contributed by atoms with Crippen molar-refractivity contribution in [1.29, 1.82) is 5.26 Å². The number of aliphatic hydroxyl groups is 1. The average Bonchev–Trinajstić information content (AvgIpc) is 2.93. The maximum Gasteiger partial charge on any atom is 0.255 e. The van der Waals surface area contributed by atoms with Crippen LogP contribution in [0.25, 0.3) is 11.1 Å². The highest BCUT2D eigenvalue weighted by Gasteiger charge is 2.34. The highest BCUT2D eigenvalue weighted by Crippen LogP contribution is 2.41. The Kier molecular flexibility index (Phi) is 6.72. The summed E-state index contributed by atoms with van der Waals surface area (Å²) in [5.74, 6) is -0.250. The Morgan fingerprint density at radius 3 is 2.92 bits per heavy atom. The van der Waals surface area contributed by atoms with Crippen molar-refractivity contribution in [2.75, 3.05) is 30.0 Å². The van der Waals surface area contributed by atoms with E-state index in [1.54, 1.807) is 18.3 Å². The zero-order valence-electron chi connectivity index (χ0n) is 21.5. The number of carbonyl (C=O) groups excluding carboxylic acids is 1. The van der Waals surface area contributed by atoms with Crippen LogP contribution in [0.4, 0.5) is 11.4 Å². The number of hydrogen-bond acceptors (Lipinski definition) is 6. The number of anilines is 2. The highest BCUT2D eigenvalue weighted by molar-refractivity contribution is 6.04. The number of rotatable bonds is 5. The van der Waals surface area contributed by atoms with E-state index in [2.05, 4.69) is 27.3 Å². The molecule has 7 heteroatoms. The van der Waals surface area contributed by atoms with Crippen LogP contribution in [0.1, 0.15) is 60.0 Å². The van der Waals surface area contributed by atoms with Gasteiger partial charge in [-0.1, -0.05) is 31.2 Å². The summed E-state index contributed by atoms with van der Waals surface area (Å²) in [4.78, 5) is 20.0. The second-order valence-corrected chi connectivity index (χ2v) is 10.1. The molecule has 190 valence electrons. The van der Waals surface area contributed by atoms with Gasteiger partial charge in [-0.2, -0.15) is 5.26 Å². The van der Waals surface area contributed by atoms with Gasteiger partial charge in [0.05, 0.1) is 48.7 Å². The molecule has 2 aliphatic heterocycles. The first kappa shape index (κ1) is 24.9. The maximum atomic E-state index is 13.1. The van der Waals surface area contributed by atoms with E-state index in [0.717, 1.165) is 40.2 Å². The molecular weight excluding hydrogens is 464 g/mol. The van der Waals surface area contributed by atoms with E-state index in [4.69, 9.17) is 4.74 Å². The minimum Gasteiger partial charge on any atom is -0.388 e. The molecule has 2 aromatic carbocycles. The van der Waals surface area contributed by atoms with E-state index < -0.39 is 11.5 Å². The summed E-state index contributed by atoms with van der Waals surface area (Å²) in [5.41, 5.74) is 5.99. The summed E-state index contributed by atoms with van der Waals surface area (Å²) < 4.78 is 5.65. The minimum absolute atomic E-state index is 0.169. The topological polar surface area (TPSA) is 98.5 Å². The average molecular weight is 497 g/mol. The Morgan fingerprint density at radius 1 is 1.30 bits per heavy atom. The lowest BCUT2D eigenvalue weighted by Gasteiger charge is -2.43. The van der Waals surface area contributed by atoms with Gasteiger partial charge in [0.15, 0.2) is 0 Å². The molecule has 1 fully saturated rings. The SMILES string of the molecule is CCC(C)(C#N)c1cccc(C(=O)Nc2cnc(C)c(-c3ccc4c(c3)N3CCOCC3CC4O)c2)c1. The molecule has 3 unspecified atom stereocenters. The van der Waals surface area contributed by atoms with Crippen LogP contribution < -0.4 is 10.2 Å². The molecule has 3 heterocycles. The molecule has 37 heavy (non-hydrogen) atoms. The molecule has 0 saturated carbocycles. The lowest BCUT2D eigenvalue weighted by atomic mass is 9.81. The van der Waals surface area contributed by atoms with Gasteiger partial charge >= 0.3 is 0 Å². The van der Waals surface area contributed by atoms with E-state index in [9.17, 15) is 15.2 Å². The molecule has 0 radical (unpaired) electrons. The molecule has 7 nitrogen and oxygen atoms in total. The zero-order chi connectivity index (χ0) is 26.2. The number of aliphatic hydroxyl groups excluding tert-OH is 1. The first-order chi connectivity index (χ1) is 17.8. The number of morpholine rings is 1. The Hall–Kier alpha value is -3.73. The number of nitrogens with zero attached hydrogens (tertiary/aromatic N) is 3. The molecule has 1 amide bonds. The molecule has 1 saturated heterocycles. The predicted molar refractivity (Wildman–Crippen MR) is 144 cm³/mol. The van der Waals surface area contributed by atoms with Crippen molar-refractivity contribution in [1.82, 2.24) is 4.98 Å². The molecule has 0 spiro atoms. The summed E-state index contributed by atoms with van der Waals surface area (Å²) in [6.07, 6.45) is 2.47. The van der Waals surface area contributed by atoms with Gasteiger partial charge in [0, 0.05) is 41.0 Å². The van der Waals surface area contributed by atoms with E-state index in [1.165, 1.54) is 0 Å². The fourth-order valence-corrected chi connectivity index (χ4v) is 5.24. The number of pyridine rings is 1. The fourth-order valence-electron chi connectivity index (χ4n) is 5.24. The third kappa shape index (κ3) is 4.71. The van der Waals surface area contributed by atoms with Crippen molar-refractivity contribution in [2.24, 2.45) is 0 Å². The van der Waals surface area contributed by atoms with Crippen LogP contribution in [0.5, 0.6) is 0 Å². The smallest absolute Gasteiger partial charge is 0.255 e.